The third kappa shape index (κ3) is 4.22. The number of benzene rings is 2. The Balaban J connectivity index is 1.45. The third-order valence-corrected chi connectivity index (χ3v) is 4.15. The maximum Gasteiger partial charge on any atom is 0.419 e. The second kappa shape index (κ2) is 7.82. The number of amides is 1. The molecule has 0 saturated heterocycles. The Morgan fingerprint density at radius 3 is 2.73 bits per heavy atom. The molecule has 0 bridgehead atoms. The van der Waals surface area contributed by atoms with Crippen LogP contribution in [-0.4, -0.2) is 32.3 Å². The highest BCUT2D eigenvalue weighted by Crippen LogP contribution is 2.35. The van der Waals surface area contributed by atoms with Crippen LogP contribution in [0.15, 0.2) is 67.0 Å². The average molecular weight is 413 g/mol. The minimum atomic E-state index is -4.57. The molecule has 0 fully saturated rings. The molecule has 2 heterocycles. The van der Waals surface area contributed by atoms with E-state index in [-0.39, 0.29) is 0 Å². The van der Waals surface area contributed by atoms with Crippen LogP contribution in [0.5, 0.6) is 5.75 Å². The standard InChI is InChI=1S/C20H14F3N5O2/c21-20(22,23)15-6-1-2-7-17(15)30-11-19(29)25-14-5-3-4-13(10-14)16-8-9-18-26-24-12-28(18)27-16/h1-10,12H,11H2,(H,25,29). The van der Waals surface area contributed by atoms with Crippen LogP contribution >= 0.6 is 0 Å². The lowest BCUT2D eigenvalue weighted by Crippen LogP contribution is -2.21. The first-order valence-electron chi connectivity index (χ1n) is 8.76. The van der Waals surface area contributed by atoms with Gasteiger partial charge in [-0.3, -0.25) is 4.79 Å². The summed E-state index contributed by atoms with van der Waals surface area (Å²) in [6.45, 7) is -0.567. The molecule has 0 saturated carbocycles. The van der Waals surface area contributed by atoms with Crippen LogP contribution in [0, 0.1) is 0 Å². The fraction of sp³-hybridized carbons (Fsp3) is 0.100. The van der Waals surface area contributed by atoms with E-state index in [1.54, 1.807) is 30.3 Å². The quantitative estimate of drug-likeness (QED) is 0.538. The van der Waals surface area contributed by atoms with Gasteiger partial charge >= 0.3 is 6.18 Å². The topological polar surface area (TPSA) is 81.4 Å². The van der Waals surface area contributed by atoms with Gasteiger partial charge in [0.15, 0.2) is 12.3 Å². The van der Waals surface area contributed by atoms with E-state index in [1.165, 1.54) is 29.0 Å². The Kier molecular flexibility index (Phi) is 5.05. The van der Waals surface area contributed by atoms with Gasteiger partial charge in [-0.05, 0) is 36.4 Å². The average Bonchev–Trinajstić information content (AvgIpc) is 3.20. The predicted molar refractivity (Wildman–Crippen MR) is 102 cm³/mol. The van der Waals surface area contributed by atoms with Crippen molar-refractivity contribution in [1.29, 1.82) is 0 Å². The fourth-order valence-electron chi connectivity index (χ4n) is 2.81. The summed E-state index contributed by atoms with van der Waals surface area (Å²) in [5, 5.41) is 14.6. The minimum absolute atomic E-state index is 0.402. The molecule has 4 rings (SSSR count). The Labute approximate surface area is 168 Å². The van der Waals surface area contributed by atoms with Crippen molar-refractivity contribution in [3.05, 3.63) is 72.6 Å². The monoisotopic (exact) mass is 413 g/mol. The number of fused-ring (bicyclic) bond motifs is 1. The summed E-state index contributed by atoms with van der Waals surface area (Å²) in [5.41, 5.74) is 1.48. The highest BCUT2D eigenvalue weighted by atomic mass is 19.4. The van der Waals surface area contributed by atoms with E-state index in [0.29, 0.717) is 17.0 Å². The zero-order chi connectivity index (χ0) is 21.1. The number of carbonyl (C=O) groups excluding carboxylic acids is 1. The highest BCUT2D eigenvalue weighted by Gasteiger charge is 2.34. The highest BCUT2D eigenvalue weighted by molar-refractivity contribution is 5.92. The summed E-state index contributed by atoms with van der Waals surface area (Å²) in [6, 6.07) is 15.1. The summed E-state index contributed by atoms with van der Waals surface area (Å²) in [6.07, 6.45) is -3.10. The van der Waals surface area contributed by atoms with Gasteiger partial charge in [0.2, 0.25) is 0 Å². The summed E-state index contributed by atoms with van der Waals surface area (Å²) in [4.78, 5) is 12.2. The number of carbonyl (C=O) groups is 1. The zero-order valence-corrected chi connectivity index (χ0v) is 15.3. The van der Waals surface area contributed by atoms with E-state index < -0.39 is 30.0 Å². The third-order valence-electron chi connectivity index (χ3n) is 4.15. The number of ether oxygens (including phenoxy) is 1. The van der Waals surface area contributed by atoms with E-state index in [4.69, 9.17) is 4.74 Å². The molecule has 0 unspecified atom stereocenters. The molecule has 0 aliphatic heterocycles. The Morgan fingerprint density at radius 1 is 1.07 bits per heavy atom. The van der Waals surface area contributed by atoms with E-state index in [1.807, 2.05) is 6.07 Å². The minimum Gasteiger partial charge on any atom is -0.483 e. The van der Waals surface area contributed by atoms with Crippen molar-refractivity contribution in [1.82, 2.24) is 19.8 Å². The van der Waals surface area contributed by atoms with Gasteiger partial charge in [-0.1, -0.05) is 24.3 Å². The van der Waals surface area contributed by atoms with Crippen molar-refractivity contribution in [2.75, 3.05) is 11.9 Å². The molecule has 10 heteroatoms. The molecular weight excluding hydrogens is 399 g/mol. The number of alkyl halides is 3. The van der Waals surface area contributed by atoms with Crippen molar-refractivity contribution >= 4 is 17.2 Å². The molecule has 2 aromatic carbocycles. The normalized spacial score (nSPS) is 11.4. The van der Waals surface area contributed by atoms with E-state index in [9.17, 15) is 18.0 Å². The molecule has 0 aliphatic carbocycles. The predicted octanol–water partition coefficient (Wildman–Crippen LogP) is 3.83. The first-order chi connectivity index (χ1) is 14.4. The van der Waals surface area contributed by atoms with Crippen molar-refractivity contribution in [3.63, 3.8) is 0 Å². The summed E-state index contributed by atoms with van der Waals surface area (Å²) in [5.74, 6) is -0.994. The van der Waals surface area contributed by atoms with Gasteiger partial charge in [-0.15, -0.1) is 10.2 Å². The number of aromatic nitrogens is 4. The van der Waals surface area contributed by atoms with Crippen LogP contribution < -0.4 is 10.1 Å². The van der Waals surface area contributed by atoms with Gasteiger partial charge in [-0.25, -0.2) is 0 Å². The number of halogens is 3. The number of hydrogen-bond donors (Lipinski definition) is 1. The van der Waals surface area contributed by atoms with Crippen LogP contribution in [0.25, 0.3) is 16.9 Å². The summed E-state index contributed by atoms with van der Waals surface area (Å²) < 4.78 is 45.6. The SMILES string of the molecule is O=C(COc1ccccc1C(F)(F)F)Nc1cccc(-c2ccc3nncn3n2)c1. The molecule has 0 atom stereocenters. The van der Waals surface area contributed by atoms with E-state index >= 15 is 0 Å². The molecule has 7 nitrogen and oxygen atoms in total. The summed E-state index contributed by atoms with van der Waals surface area (Å²) >= 11 is 0. The lowest BCUT2D eigenvalue weighted by molar-refractivity contribution is -0.139. The Morgan fingerprint density at radius 2 is 1.90 bits per heavy atom. The van der Waals surface area contributed by atoms with Crippen LogP contribution in [0.1, 0.15) is 5.56 Å². The number of nitrogens with zero attached hydrogens (tertiary/aromatic N) is 4. The zero-order valence-electron chi connectivity index (χ0n) is 15.3. The smallest absolute Gasteiger partial charge is 0.419 e. The van der Waals surface area contributed by atoms with Gasteiger partial charge in [0.25, 0.3) is 5.91 Å². The molecule has 152 valence electrons. The van der Waals surface area contributed by atoms with Crippen LogP contribution in [0.2, 0.25) is 0 Å². The fourth-order valence-corrected chi connectivity index (χ4v) is 2.81. The molecule has 1 N–H and O–H groups in total. The van der Waals surface area contributed by atoms with Crippen LogP contribution in [0.3, 0.4) is 0 Å². The maximum atomic E-state index is 13.0. The van der Waals surface area contributed by atoms with Gasteiger partial charge in [0.05, 0.1) is 11.3 Å². The molecular formula is C20H14F3N5O2. The van der Waals surface area contributed by atoms with Gasteiger partial charge < -0.3 is 10.1 Å². The van der Waals surface area contributed by atoms with Crippen molar-refractivity contribution in [3.8, 4) is 17.0 Å². The second-order valence-electron chi connectivity index (χ2n) is 6.26. The van der Waals surface area contributed by atoms with Crippen molar-refractivity contribution in [2.45, 2.75) is 6.18 Å². The number of anilines is 1. The first kappa shape index (κ1) is 19.4. The van der Waals surface area contributed by atoms with Crippen LogP contribution in [0.4, 0.5) is 18.9 Å². The van der Waals surface area contributed by atoms with Crippen molar-refractivity contribution < 1.29 is 22.7 Å². The molecule has 0 aliphatic rings. The number of nitrogens with one attached hydrogen (secondary N) is 1. The number of para-hydroxylation sites is 1. The molecule has 1 amide bonds. The van der Waals surface area contributed by atoms with Crippen molar-refractivity contribution in [2.24, 2.45) is 0 Å². The Bertz CT molecular complexity index is 1210. The molecule has 0 spiro atoms. The molecule has 4 aromatic rings. The number of rotatable bonds is 5. The van der Waals surface area contributed by atoms with Crippen LogP contribution in [-0.2, 0) is 11.0 Å². The number of hydrogen-bond acceptors (Lipinski definition) is 5. The maximum absolute atomic E-state index is 13.0. The molecule has 30 heavy (non-hydrogen) atoms. The van der Waals surface area contributed by atoms with Gasteiger partial charge in [0.1, 0.15) is 12.1 Å². The largest absolute Gasteiger partial charge is 0.483 e. The lowest BCUT2D eigenvalue weighted by Gasteiger charge is -2.13. The molecule has 2 aromatic heterocycles. The van der Waals surface area contributed by atoms with E-state index in [2.05, 4.69) is 20.6 Å². The van der Waals surface area contributed by atoms with Gasteiger partial charge in [-0.2, -0.15) is 22.8 Å². The summed E-state index contributed by atoms with van der Waals surface area (Å²) in [7, 11) is 0. The molecule has 0 radical (unpaired) electrons. The van der Waals surface area contributed by atoms with E-state index in [0.717, 1.165) is 11.6 Å². The first-order valence-corrected chi connectivity index (χ1v) is 8.76. The Hall–Kier alpha value is -3.95. The van der Waals surface area contributed by atoms with Gasteiger partial charge in [0, 0.05) is 11.3 Å². The second-order valence-corrected chi connectivity index (χ2v) is 6.26. The lowest BCUT2D eigenvalue weighted by atomic mass is 10.1.